The van der Waals surface area contributed by atoms with E-state index in [0.717, 1.165) is 42.3 Å². The normalized spacial score (nSPS) is 16.6. The highest BCUT2D eigenvalue weighted by Crippen LogP contribution is 2.35. The summed E-state index contributed by atoms with van der Waals surface area (Å²) in [7, 11) is 1.71. The minimum absolute atomic E-state index is 0.481. The number of rotatable bonds is 2. The molecule has 0 amide bonds. The summed E-state index contributed by atoms with van der Waals surface area (Å²) in [5.41, 5.74) is 9.47. The van der Waals surface area contributed by atoms with E-state index in [1.165, 1.54) is 5.57 Å². The molecule has 24 heavy (non-hydrogen) atoms. The lowest BCUT2D eigenvalue weighted by atomic mass is 9.91. The molecular weight excluding hydrogens is 300 g/mol. The topological polar surface area (TPSA) is 66.0 Å². The maximum absolute atomic E-state index is 5.97. The van der Waals surface area contributed by atoms with Crippen molar-refractivity contribution in [1.29, 1.82) is 0 Å². The van der Waals surface area contributed by atoms with Gasteiger partial charge in [-0.2, -0.15) is 0 Å². The molecule has 2 N–H and O–H groups in total. The van der Waals surface area contributed by atoms with Gasteiger partial charge in [0.05, 0.1) is 18.8 Å². The van der Waals surface area contributed by atoms with Gasteiger partial charge < -0.3 is 15.0 Å². The number of anilines is 1. The summed E-state index contributed by atoms with van der Waals surface area (Å²) in [6.45, 7) is 10.1. The van der Waals surface area contributed by atoms with Gasteiger partial charge in [-0.05, 0) is 43.7 Å². The molecule has 3 rings (SSSR count). The monoisotopic (exact) mass is 332 g/mol. The Morgan fingerprint density at radius 2 is 1.79 bits per heavy atom. The van der Waals surface area contributed by atoms with E-state index >= 15 is 0 Å². The highest BCUT2D eigenvalue weighted by Gasteiger charge is 2.21. The first-order valence-electron chi connectivity index (χ1n) is 8.99. The van der Waals surface area contributed by atoms with Gasteiger partial charge in [0.25, 0.3) is 0 Å². The zero-order chi connectivity index (χ0) is 18.1. The van der Waals surface area contributed by atoms with E-state index in [9.17, 15) is 0 Å². The smallest absolute Gasteiger partial charge is 0.145 e. The van der Waals surface area contributed by atoms with Crippen molar-refractivity contribution in [3.63, 3.8) is 0 Å². The summed E-state index contributed by atoms with van der Waals surface area (Å²) in [6.07, 6.45) is 9.98. The van der Waals surface area contributed by atoms with Crippen molar-refractivity contribution >= 4 is 16.9 Å². The maximum Gasteiger partial charge on any atom is 0.145 e. The number of ether oxygens (including phenoxy) is 1. The van der Waals surface area contributed by atoms with Crippen LogP contribution in [0.2, 0.25) is 0 Å². The van der Waals surface area contributed by atoms with Crippen molar-refractivity contribution in [2.45, 2.75) is 66.3 Å². The molecule has 1 fully saturated rings. The lowest BCUT2D eigenvalue weighted by Gasteiger charge is -2.25. The Morgan fingerprint density at radius 3 is 2.38 bits per heavy atom. The van der Waals surface area contributed by atoms with Crippen molar-refractivity contribution in [2.24, 2.45) is 0 Å². The van der Waals surface area contributed by atoms with Crippen LogP contribution in [0.15, 0.2) is 24.4 Å². The van der Waals surface area contributed by atoms with Crippen LogP contribution in [-0.2, 0) is 4.74 Å². The SMILES string of the molecule is CC.CC.COC=C1CCC(n2cc(C)c3c(N)ncnc32)CC1. The van der Waals surface area contributed by atoms with Gasteiger partial charge in [-0.15, -0.1) is 0 Å². The molecule has 2 aromatic heterocycles. The largest absolute Gasteiger partial charge is 0.504 e. The third kappa shape index (κ3) is 4.28. The third-order valence-electron chi connectivity index (χ3n) is 4.10. The summed E-state index contributed by atoms with van der Waals surface area (Å²) in [5, 5.41) is 0.991. The third-order valence-corrected chi connectivity index (χ3v) is 4.10. The fourth-order valence-electron chi connectivity index (χ4n) is 3.11. The number of nitrogens with two attached hydrogens (primary N) is 1. The van der Waals surface area contributed by atoms with E-state index in [2.05, 4.69) is 27.7 Å². The molecule has 0 bridgehead atoms. The molecule has 5 nitrogen and oxygen atoms in total. The summed E-state index contributed by atoms with van der Waals surface area (Å²) in [5.74, 6) is 0.571. The Balaban J connectivity index is 0.000000671. The number of nitrogens with zero attached hydrogens (tertiary/aromatic N) is 3. The Hall–Kier alpha value is -2.04. The Bertz CT molecular complexity index is 651. The molecule has 0 atom stereocenters. The van der Waals surface area contributed by atoms with E-state index in [-0.39, 0.29) is 0 Å². The number of aromatic nitrogens is 3. The number of methoxy groups -OCH3 is 1. The molecule has 134 valence electrons. The highest BCUT2D eigenvalue weighted by atomic mass is 16.5. The number of nitrogen functional groups attached to an aromatic ring is 1. The van der Waals surface area contributed by atoms with Crippen molar-refractivity contribution in [3.05, 3.63) is 29.9 Å². The van der Waals surface area contributed by atoms with Crippen LogP contribution in [-0.4, -0.2) is 21.6 Å². The van der Waals surface area contributed by atoms with Gasteiger partial charge in [-0.25, -0.2) is 9.97 Å². The number of allylic oxidation sites excluding steroid dienone is 1. The van der Waals surface area contributed by atoms with E-state index in [1.54, 1.807) is 13.4 Å². The Labute approximate surface area is 145 Å². The van der Waals surface area contributed by atoms with Crippen molar-refractivity contribution in [2.75, 3.05) is 12.8 Å². The molecule has 5 heteroatoms. The average molecular weight is 332 g/mol. The quantitative estimate of drug-likeness (QED) is 0.784. The van der Waals surface area contributed by atoms with Crippen LogP contribution >= 0.6 is 0 Å². The van der Waals surface area contributed by atoms with Crippen LogP contribution in [0.3, 0.4) is 0 Å². The van der Waals surface area contributed by atoms with Gasteiger partial charge in [0, 0.05) is 12.2 Å². The molecule has 0 saturated heterocycles. The van der Waals surface area contributed by atoms with Crippen LogP contribution in [0.1, 0.15) is 65.0 Å². The number of fused-ring (bicyclic) bond motifs is 1. The lowest BCUT2D eigenvalue weighted by molar-refractivity contribution is 0.320. The molecule has 1 aliphatic rings. The molecule has 0 unspecified atom stereocenters. The van der Waals surface area contributed by atoms with Crippen LogP contribution in [0.4, 0.5) is 5.82 Å². The second kappa shape index (κ2) is 9.96. The summed E-state index contributed by atoms with van der Waals surface area (Å²) in [6, 6.07) is 0.481. The molecule has 0 spiro atoms. The van der Waals surface area contributed by atoms with Crippen LogP contribution in [0, 0.1) is 6.92 Å². The van der Waals surface area contributed by atoms with Gasteiger partial charge >= 0.3 is 0 Å². The summed E-state index contributed by atoms with van der Waals surface area (Å²) >= 11 is 0. The Morgan fingerprint density at radius 1 is 1.17 bits per heavy atom. The predicted octanol–water partition coefficient (Wildman–Crippen LogP) is 5.02. The molecule has 0 aliphatic heterocycles. The van der Waals surface area contributed by atoms with Crippen LogP contribution < -0.4 is 5.73 Å². The second-order valence-electron chi connectivity index (χ2n) is 5.42. The molecule has 1 aliphatic carbocycles. The fourth-order valence-corrected chi connectivity index (χ4v) is 3.11. The summed E-state index contributed by atoms with van der Waals surface area (Å²) in [4.78, 5) is 8.52. The van der Waals surface area contributed by atoms with Crippen molar-refractivity contribution in [1.82, 2.24) is 14.5 Å². The van der Waals surface area contributed by atoms with Gasteiger partial charge in [0.2, 0.25) is 0 Å². The standard InChI is InChI=1S/C15H20N4O.2C2H6/c1-10-7-19(15-13(10)14(16)17-9-18-15)12-5-3-11(4-6-12)8-20-2;2*1-2/h7-9,12H,3-6H2,1-2H3,(H2,16,17,18);2*1-2H3. The van der Waals surface area contributed by atoms with Gasteiger partial charge in [-0.3, -0.25) is 0 Å². The van der Waals surface area contributed by atoms with Crippen molar-refractivity contribution < 1.29 is 4.74 Å². The molecule has 1 saturated carbocycles. The number of aryl methyl sites for hydroxylation is 1. The van der Waals surface area contributed by atoms with Gasteiger partial charge in [0.15, 0.2) is 0 Å². The molecule has 2 aromatic rings. The molecule has 0 aromatic carbocycles. The zero-order valence-electron chi connectivity index (χ0n) is 16.0. The maximum atomic E-state index is 5.97. The van der Waals surface area contributed by atoms with Gasteiger partial charge in [0.1, 0.15) is 17.8 Å². The summed E-state index contributed by atoms with van der Waals surface area (Å²) < 4.78 is 7.38. The molecule has 0 radical (unpaired) electrons. The predicted molar refractivity (Wildman–Crippen MR) is 102 cm³/mol. The number of hydrogen-bond acceptors (Lipinski definition) is 4. The van der Waals surface area contributed by atoms with E-state index in [0.29, 0.717) is 11.9 Å². The minimum atomic E-state index is 0.481. The molecule has 2 heterocycles. The Kier molecular flexibility index (Phi) is 8.30. The second-order valence-corrected chi connectivity index (χ2v) is 5.42. The first-order valence-corrected chi connectivity index (χ1v) is 8.99. The van der Waals surface area contributed by atoms with E-state index in [1.807, 2.05) is 34.0 Å². The fraction of sp³-hybridized carbons (Fsp3) is 0.579. The molecular formula is C19H32N4O. The highest BCUT2D eigenvalue weighted by molar-refractivity contribution is 5.89. The lowest BCUT2D eigenvalue weighted by Crippen LogP contribution is -2.14. The first kappa shape index (κ1) is 20.0. The van der Waals surface area contributed by atoms with Crippen LogP contribution in [0.5, 0.6) is 0 Å². The first-order chi connectivity index (χ1) is 11.7. The van der Waals surface area contributed by atoms with Gasteiger partial charge in [-0.1, -0.05) is 27.7 Å². The van der Waals surface area contributed by atoms with Crippen LogP contribution in [0.25, 0.3) is 11.0 Å². The van der Waals surface area contributed by atoms with E-state index in [4.69, 9.17) is 10.5 Å². The van der Waals surface area contributed by atoms with Crippen molar-refractivity contribution in [3.8, 4) is 0 Å². The number of hydrogen-bond donors (Lipinski definition) is 1. The zero-order valence-corrected chi connectivity index (χ0v) is 16.0. The van der Waals surface area contributed by atoms with E-state index < -0.39 is 0 Å². The average Bonchev–Trinajstić information content (AvgIpc) is 2.98. The minimum Gasteiger partial charge on any atom is -0.504 e.